The summed E-state index contributed by atoms with van der Waals surface area (Å²) in [4.78, 5) is 8.78. The lowest BCUT2D eigenvalue weighted by Gasteiger charge is -2.23. The normalized spacial score (nSPS) is 18.5. The Morgan fingerprint density at radius 3 is 2.96 bits per heavy atom. The lowest BCUT2D eigenvalue weighted by Crippen LogP contribution is -2.18. The van der Waals surface area contributed by atoms with Crippen molar-refractivity contribution in [2.75, 3.05) is 18.5 Å². The maximum Gasteiger partial charge on any atom is 0.254 e. The monoisotopic (exact) mass is 337 g/mol. The Hall–Kier alpha value is -2.47. The molecule has 4 rings (SSSR count). The van der Waals surface area contributed by atoms with E-state index in [0.717, 1.165) is 44.0 Å². The molecule has 1 aromatic carbocycles. The van der Waals surface area contributed by atoms with Gasteiger partial charge in [0.05, 0.1) is 6.04 Å². The predicted molar refractivity (Wildman–Crippen MR) is 96.5 cm³/mol. The fourth-order valence-electron chi connectivity index (χ4n) is 3.39. The third-order valence-electron chi connectivity index (χ3n) is 4.78. The van der Waals surface area contributed by atoms with E-state index in [2.05, 4.69) is 63.7 Å². The lowest BCUT2D eigenvalue weighted by atomic mass is 9.94. The SMILES string of the molecule is CCc1cc(NC(CC2CCOC2)c2ccccc2)n2ncnc2n1. The summed E-state index contributed by atoms with van der Waals surface area (Å²) in [7, 11) is 0. The molecule has 2 aromatic heterocycles. The minimum atomic E-state index is 0.201. The molecule has 0 aliphatic carbocycles. The highest BCUT2D eigenvalue weighted by Gasteiger charge is 2.23. The van der Waals surface area contributed by atoms with E-state index in [0.29, 0.717) is 11.7 Å². The largest absolute Gasteiger partial charge is 0.381 e. The number of ether oxygens (including phenoxy) is 1. The fraction of sp³-hybridized carbons (Fsp3) is 0.421. The van der Waals surface area contributed by atoms with Gasteiger partial charge >= 0.3 is 0 Å². The van der Waals surface area contributed by atoms with E-state index in [1.54, 1.807) is 10.8 Å². The molecule has 1 aliphatic heterocycles. The van der Waals surface area contributed by atoms with Gasteiger partial charge < -0.3 is 10.1 Å². The van der Waals surface area contributed by atoms with Crippen LogP contribution in [0.25, 0.3) is 5.78 Å². The van der Waals surface area contributed by atoms with Crippen LogP contribution in [0.15, 0.2) is 42.7 Å². The minimum absolute atomic E-state index is 0.201. The molecule has 6 nitrogen and oxygen atoms in total. The van der Waals surface area contributed by atoms with Crippen molar-refractivity contribution < 1.29 is 4.74 Å². The predicted octanol–water partition coefficient (Wildman–Crippen LogP) is 3.27. The fourth-order valence-corrected chi connectivity index (χ4v) is 3.39. The third kappa shape index (κ3) is 3.49. The summed E-state index contributed by atoms with van der Waals surface area (Å²) < 4.78 is 7.35. The first-order chi connectivity index (χ1) is 12.3. The Labute approximate surface area is 147 Å². The van der Waals surface area contributed by atoms with Crippen LogP contribution in [0.4, 0.5) is 5.82 Å². The summed E-state index contributed by atoms with van der Waals surface area (Å²) in [5, 5.41) is 8.02. The molecule has 1 saturated heterocycles. The second kappa shape index (κ2) is 7.19. The first-order valence-corrected chi connectivity index (χ1v) is 8.92. The Morgan fingerprint density at radius 1 is 1.32 bits per heavy atom. The molecule has 2 unspecified atom stereocenters. The van der Waals surface area contributed by atoms with Crippen molar-refractivity contribution in [2.45, 2.75) is 32.2 Å². The van der Waals surface area contributed by atoms with Crippen molar-refractivity contribution in [2.24, 2.45) is 5.92 Å². The van der Waals surface area contributed by atoms with Gasteiger partial charge in [0.2, 0.25) is 0 Å². The van der Waals surface area contributed by atoms with Gasteiger partial charge in [-0.3, -0.25) is 0 Å². The average molecular weight is 337 g/mol. The van der Waals surface area contributed by atoms with Crippen LogP contribution in [0, 0.1) is 5.92 Å². The van der Waals surface area contributed by atoms with Gasteiger partial charge in [-0.05, 0) is 30.7 Å². The molecule has 3 heterocycles. The standard InChI is InChI=1S/C19H23N5O/c1-2-16-11-18(24-19(22-16)20-13-21-24)23-17(10-14-8-9-25-12-14)15-6-4-3-5-7-15/h3-7,11,13-14,17,23H,2,8-10,12H2,1H3. The molecule has 1 N–H and O–H groups in total. The zero-order chi connectivity index (χ0) is 17.1. The molecule has 25 heavy (non-hydrogen) atoms. The molecule has 1 aliphatic rings. The van der Waals surface area contributed by atoms with E-state index in [1.807, 2.05) is 0 Å². The highest BCUT2D eigenvalue weighted by molar-refractivity contribution is 5.47. The van der Waals surface area contributed by atoms with Crippen LogP contribution >= 0.6 is 0 Å². The van der Waals surface area contributed by atoms with Crippen LogP contribution in [-0.4, -0.2) is 32.8 Å². The number of rotatable bonds is 6. The summed E-state index contributed by atoms with van der Waals surface area (Å²) in [6, 6.07) is 12.8. The number of aryl methyl sites for hydroxylation is 1. The maximum absolute atomic E-state index is 5.57. The molecule has 0 amide bonds. The molecule has 3 aromatic rings. The van der Waals surface area contributed by atoms with Crippen molar-refractivity contribution in [3.8, 4) is 0 Å². The highest BCUT2D eigenvalue weighted by atomic mass is 16.5. The number of fused-ring (bicyclic) bond motifs is 1. The first kappa shape index (κ1) is 16.0. The smallest absolute Gasteiger partial charge is 0.254 e. The molecule has 0 radical (unpaired) electrons. The van der Waals surface area contributed by atoms with E-state index in [1.165, 1.54) is 5.56 Å². The van der Waals surface area contributed by atoms with Crippen LogP contribution in [0.1, 0.15) is 37.1 Å². The van der Waals surface area contributed by atoms with Gasteiger partial charge in [-0.1, -0.05) is 37.3 Å². The zero-order valence-corrected chi connectivity index (χ0v) is 14.4. The number of hydrogen-bond donors (Lipinski definition) is 1. The van der Waals surface area contributed by atoms with E-state index in [-0.39, 0.29) is 6.04 Å². The highest BCUT2D eigenvalue weighted by Crippen LogP contribution is 2.29. The molecule has 0 saturated carbocycles. The Kier molecular flexibility index (Phi) is 4.61. The molecular weight excluding hydrogens is 314 g/mol. The molecule has 1 fully saturated rings. The van der Waals surface area contributed by atoms with Crippen molar-refractivity contribution in [3.63, 3.8) is 0 Å². The van der Waals surface area contributed by atoms with Crippen molar-refractivity contribution in [1.82, 2.24) is 19.6 Å². The second-order valence-electron chi connectivity index (χ2n) is 6.53. The summed E-state index contributed by atoms with van der Waals surface area (Å²) in [5.41, 5.74) is 2.29. The Bertz CT molecular complexity index is 826. The summed E-state index contributed by atoms with van der Waals surface area (Å²) in [5.74, 6) is 2.15. The van der Waals surface area contributed by atoms with E-state index < -0.39 is 0 Å². The summed E-state index contributed by atoms with van der Waals surface area (Å²) >= 11 is 0. The van der Waals surface area contributed by atoms with Gasteiger partial charge in [0.15, 0.2) is 0 Å². The Balaban J connectivity index is 1.67. The number of nitrogens with zero attached hydrogens (tertiary/aromatic N) is 4. The topological polar surface area (TPSA) is 64.3 Å². The molecule has 130 valence electrons. The van der Waals surface area contributed by atoms with Gasteiger partial charge in [0.1, 0.15) is 12.1 Å². The second-order valence-corrected chi connectivity index (χ2v) is 6.53. The van der Waals surface area contributed by atoms with Crippen molar-refractivity contribution in [3.05, 3.63) is 54.0 Å². The van der Waals surface area contributed by atoms with Gasteiger partial charge in [-0.15, -0.1) is 0 Å². The number of aromatic nitrogens is 4. The zero-order valence-electron chi connectivity index (χ0n) is 14.4. The van der Waals surface area contributed by atoms with Crippen LogP contribution in [0.2, 0.25) is 0 Å². The van der Waals surface area contributed by atoms with Crippen LogP contribution in [-0.2, 0) is 11.2 Å². The van der Waals surface area contributed by atoms with Gasteiger partial charge in [-0.2, -0.15) is 14.6 Å². The lowest BCUT2D eigenvalue weighted by molar-refractivity contribution is 0.183. The number of anilines is 1. The molecular formula is C19H23N5O. The molecule has 0 spiro atoms. The number of nitrogens with one attached hydrogen (secondary N) is 1. The first-order valence-electron chi connectivity index (χ1n) is 8.92. The maximum atomic E-state index is 5.57. The number of benzene rings is 1. The number of hydrogen-bond acceptors (Lipinski definition) is 5. The average Bonchev–Trinajstić information content (AvgIpc) is 3.33. The van der Waals surface area contributed by atoms with E-state index >= 15 is 0 Å². The summed E-state index contributed by atoms with van der Waals surface area (Å²) in [6.45, 7) is 3.82. The van der Waals surface area contributed by atoms with Gasteiger partial charge in [0.25, 0.3) is 5.78 Å². The van der Waals surface area contributed by atoms with Crippen molar-refractivity contribution in [1.29, 1.82) is 0 Å². The summed E-state index contributed by atoms with van der Waals surface area (Å²) in [6.07, 6.45) is 4.57. The van der Waals surface area contributed by atoms with Crippen molar-refractivity contribution >= 4 is 11.6 Å². The molecule has 6 heteroatoms. The van der Waals surface area contributed by atoms with E-state index in [4.69, 9.17) is 4.74 Å². The minimum Gasteiger partial charge on any atom is -0.381 e. The van der Waals surface area contributed by atoms with E-state index in [9.17, 15) is 0 Å². The van der Waals surface area contributed by atoms with Crippen LogP contribution < -0.4 is 5.32 Å². The van der Waals surface area contributed by atoms with Crippen LogP contribution in [0.5, 0.6) is 0 Å². The molecule has 0 bridgehead atoms. The molecule has 2 atom stereocenters. The van der Waals surface area contributed by atoms with Gasteiger partial charge in [-0.25, -0.2) is 4.98 Å². The van der Waals surface area contributed by atoms with Crippen LogP contribution in [0.3, 0.4) is 0 Å². The Morgan fingerprint density at radius 2 is 2.20 bits per heavy atom. The third-order valence-corrected chi connectivity index (χ3v) is 4.78. The quantitative estimate of drug-likeness (QED) is 0.748. The van der Waals surface area contributed by atoms with Gasteiger partial charge in [0, 0.05) is 25.0 Å².